The van der Waals surface area contributed by atoms with Crippen LogP contribution in [0.15, 0.2) is 48.5 Å². The fourth-order valence-electron chi connectivity index (χ4n) is 4.09. The predicted octanol–water partition coefficient (Wildman–Crippen LogP) is 6.71. The van der Waals surface area contributed by atoms with Gasteiger partial charge in [0.25, 0.3) is 0 Å². The summed E-state index contributed by atoms with van der Waals surface area (Å²) in [4.78, 5) is 5.00. The molecular formula is C23H24ClN. The summed E-state index contributed by atoms with van der Waals surface area (Å²) >= 11 is 6.33. The van der Waals surface area contributed by atoms with Gasteiger partial charge in [0.15, 0.2) is 0 Å². The lowest BCUT2D eigenvalue weighted by molar-refractivity contribution is 0.215. The van der Waals surface area contributed by atoms with Crippen molar-refractivity contribution in [2.45, 2.75) is 40.0 Å². The van der Waals surface area contributed by atoms with E-state index in [9.17, 15) is 0 Å². The molecule has 0 spiro atoms. The van der Waals surface area contributed by atoms with Crippen molar-refractivity contribution in [3.05, 3.63) is 64.8 Å². The van der Waals surface area contributed by atoms with Crippen LogP contribution in [0, 0.1) is 11.3 Å². The minimum Gasteiger partial charge on any atom is -0.253 e. The summed E-state index contributed by atoms with van der Waals surface area (Å²) in [6, 6.07) is 16.8. The van der Waals surface area contributed by atoms with Crippen molar-refractivity contribution in [1.29, 1.82) is 0 Å². The first-order chi connectivity index (χ1) is 11.9. The molecule has 0 saturated carbocycles. The van der Waals surface area contributed by atoms with Crippen LogP contribution in [0.4, 0.5) is 0 Å². The van der Waals surface area contributed by atoms with E-state index in [2.05, 4.69) is 63.2 Å². The monoisotopic (exact) mass is 349 g/mol. The van der Waals surface area contributed by atoms with E-state index in [1.165, 1.54) is 34.2 Å². The summed E-state index contributed by atoms with van der Waals surface area (Å²) < 4.78 is 0. The Bertz CT molecular complexity index is 922. The molecule has 0 unspecified atom stereocenters. The zero-order chi connectivity index (χ0) is 17.6. The average molecular weight is 350 g/mol. The predicted molar refractivity (Wildman–Crippen MR) is 107 cm³/mol. The second kappa shape index (κ2) is 6.14. The SMILES string of the molecule is CC(C)(C)[C@H]1CCc2nc3ccc(Cl)cc3c(-c3ccccc3)c2C1. The van der Waals surface area contributed by atoms with Crippen LogP contribution in [0.3, 0.4) is 0 Å². The number of aromatic nitrogens is 1. The lowest BCUT2D eigenvalue weighted by Crippen LogP contribution is -2.27. The normalized spacial score (nSPS) is 17.5. The number of benzene rings is 2. The highest BCUT2D eigenvalue weighted by Crippen LogP contribution is 2.42. The molecule has 0 N–H and O–H groups in total. The number of hydrogen-bond donors (Lipinski definition) is 0. The van der Waals surface area contributed by atoms with Crippen molar-refractivity contribution >= 4 is 22.5 Å². The second-order valence-corrected chi connectivity index (χ2v) is 8.68. The fraction of sp³-hybridized carbons (Fsp3) is 0.348. The Morgan fingerprint density at radius 3 is 2.52 bits per heavy atom. The van der Waals surface area contributed by atoms with E-state index in [-0.39, 0.29) is 0 Å². The maximum Gasteiger partial charge on any atom is 0.0712 e. The summed E-state index contributed by atoms with van der Waals surface area (Å²) in [6.45, 7) is 7.07. The van der Waals surface area contributed by atoms with Crippen LogP contribution < -0.4 is 0 Å². The molecule has 1 heterocycles. The van der Waals surface area contributed by atoms with Crippen molar-refractivity contribution in [3.63, 3.8) is 0 Å². The van der Waals surface area contributed by atoms with Crippen molar-refractivity contribution in [1.82, 2.24) is 4.98 Å². The topological polar surface area (TPSA) is 12.9 Å². The molecule has 0 radical (unpaired) electrons. The van der Waals surface area contributed by atoms with Crippen LogP contribution in [0.25, 0.3) is 22.0 Å². The quantitative estimate of drug-likeness (QED) is 0.476. The number of hydrogen-bond acceptors (Lipinski definition) is 1. The first-order valence-corrected chi connectivity index (χ1v) is 9.48. The van der Waals surface area contributed by atoms with Crippen LogP contribution in [0.5, 0.6) is 0 Å². The van der Waals surface area contributed by atoms with Gasteiger partial charge < -0.3 is 0 Å². The molecule has 0 amide bonds. The Kier molecular flexibility index (Phi) is 4.08. The van der Waals surface area contributed by atoms with Gasteiger partial charge in [0.2, 0.25) is 0 Å². The lowest BCUT2D eigenvalue weighted by Gasteiger charge is -2.35. The van der Waals surface area contributed by atoms with Crippen molar-refractivity contribution in [3.8, 4) is 11.1 Å². The minimum absolute atomic E-state index is 0.314. The van der Waals surface area contributed by atoms with Gasteiger partial charge in [-0.3, -0.25) is 4.98 Å². The molecule has 0 bridgehead atoms. The highest BCUT2D eigenvalue weighted by atomic mass is 35.5. The molecule has 3 aromatic rings. The molecule has 0 aliphatic heterocycles. The molecule has 0 fully saturated rings. The molecule has 0 saturated heterocycles. The Morgan fingerprint density at radius 2 is 1.80 bits per heavy atom. The molecule has 25 heavy (non-hydrogen) atoms. The van der Waals surface area contributed by atoms with Gasteiger partial charge in [-0.1, -0.05) is 62.7 Å². The van der Waals surface area contributed by atoms with E-state index in [0.29, 0.717) is 11.3 Å². The van der Waals surface area contributed by atoms with Gasteiger partial charge in [-0.05, 0) is 65.5 Å². The van der Waals surface area contributed by atoms with Crippen LogP contribution in [-0.2, 0) is 12.8 Å². The van der Waals surface area contributed by atoms with Crippen molar-refractivity contribution in [2.24, 2.45) is 11.3 Å². The number of pyridine rings is 1. The van der Waals surface area contributed by atoms with Gasteiger partial charge in [0.1, 0.15) is 0 Å². The summed E-state index contributed by atoms with van der Waals surface area (Å²) in [5.74, 6) is 0.681. The van der Waals surface area contributed by atoms with E-state index in [1.807, 2.05) is 6.07 Å². The summed E-state index contributed by atoms with van der Waals surface area (Å²) in [5.41, 5.74) is 6.66. The van der Waals surface area contributed by atoms with Gasteiger partial charge in [0, 0.05) is 16.1 Å². The van der Waals surface area contributed by atoms with Crippen LogP contribution in [-0.4, -0.2) is 4.98 Å². The second-order valence-electron chi connectivity index (χ2n) is 8.25. The fourth-order valence-corrected chi connectivity index (χ4v) is 4.26. The smallest absolute Gasteiger partial charge is 0.0712 e. The molecule has 1 aliphatic rings. The summed E-state index contributed by atoms with van der Waals surface area (Å²) in [6.07, 6.45) is 3.38. The standard InChI is InChI=1S/C23H24ClN/c1-23(2,3)16-9-11-20-18(13-16)22(15-7-5-4-6-8-15)19-14-17(24)10-12-21(19)25-20/h4-8,10,12,14,16H,9,11,13H2,1-3H3/t16-/m0/s1. The molecule has 4 rings (SSSR count). The lowest BCUT2D eigenvalue weighted by atomic mass is 9.70. The molecule has 1 nitrogen and oxygen atoms in total. The third kappa shape index (κ3) is 3.06. The van der Waals surface area contributed by atoms with E-state index in [0.717, 1.165) is 23.4 Å². The molecule has 1 aromatic heterocycles. The molecule has 2 aromatic carbocycles. The Morgan fingerprint density at radius 1 is 1.04 bits per heavy atom. The van der Waals surface area contributed by atoms with Gasteiger partial charge in [-0.25, -0.2) is 0 Å². The summed E-state index contributed by atoms with van der Waals surface area (Å²) in [5, 5.41) is 1.95. The number of aryl methyl sites for hydroxylation is 1. The Balaban J connectivity index is 2.00. The molecule has 2 heteroatoms. The zero-order valence-electron chi connectivity index (χ0n) is 15.1. The van der Waals surface area contributed by atoms with Crippen LogP contribution >= 0.6 is 11.6 Å². The largest absolute Gasteiger partial charge is 0.253 e. The van der Waals surface area contributed by atoms with Crippen molar-refractivity contribution in [2.75, 3.05) is 0 Å². The van der Waals surface area contributed by atoms with Gasteiger partial charge in [-0.15, -0.1) is 0 Å². The maximum atomic E-state index is 6.33. The van der Waals surface area contributed by atoms with Crippen molar-refractivity contribution < 1.29 is 0 Å². The van der Waals surface area contributed by atoms with Gasteiger partial charge in [0.05, 0.1) is 5.52 Å². The number of rotatable bonds is 1. The Hall–Kier alpha value is -1.86. The van der Waals surface area contributed by atoms with Gasteiger partial charge in [-0.2, -0.15) is 0 Å². The third-order valence-electron chi connectivity index (χ3n) is 5.60. The average Bonchev–Trinajstić information content (AvgIpc) is 2.59. The van der Waals surface area contributed by atoms with Crippen LogP contribution in [0.2, 0.25) is 5.02 Å². The molecular weight excluding hydrogens is 326 g/mol. The van der Waals surface area contributed by atoms with E-state index >= 15 is 0 Å². The van der Waals surface area contributed by atoms with Gasteiger partial charge >= 0.3 is 0 Å². The van der Waals surface area contributed by atoms with E-state index < -0.39 is 0 Å². The maximum absolute atomic E-state index is 6.33. The Labute approximate surface area is 155 Å². The molecule has 1 atom stereocenters. The van der Waals surface area contributed by atoms with E-state index in [1.54, 1.807) is 0 Å². The van der Waals surface area contributed by atoms with E-state index in [4.69, 9.17) is 16.6 Å². The summed E-state index contributed by atoms with van der Waals surface area (Å²) in [7, 11) is 0. The first kappa shape index (κ1) is 16.6. The highest BCUT2D eigenvalue weighted by Gasteiger charge is 2.31. The number of fused-ring (bicyclic) bond motifs is 2. The number of nitrogens with zero attached hydrogens (tertiary/aromatic N) is 1. The third-order valence-corrected chi connectivity index (χ3v) is 5.84. The number of halogens is 1. The zero-order valence-corrected chi connectivity index (χ0v) is 15.9. The first-order valence-electron chi connectivity index (χ1n) is 9.10. The highest BCUT2D eigenvalue weighted by molar-refractivity contribution is 6.31. The van der Waals surface area contributed by atoms with Crippen LogP contribution in [0.1, 0.15) is 38.4 Å². The minimum atomic E-state index is 0.314. The molecule has 128 valence electrons. The molecule has 1 aliphatic carbocycles.